The summed E-state index contributed by atoms with van der Waals surface area (Å²) >= 11 is 0. The molecule has 1 aromatic rings. The van der Waals surface area contributed by atoms with Crippen molar-refractivity contribution in [3.63, 3.8) is 0 Å². The third-order valence-corrected chi connectivity index (χ3v) is 5.40. The molecule has 0 aromatic heterocycles. The normalized spacial score (nSPS) is 16.3. The van der Waals surface area contributed by atoms with Crippen molar-refractivity contribution >= 4 is 24.1 Å². The molecule has 0 spiro atoms. The first-order valence-corrected chi connectivity index (χ1v) is 9.72. The first-order valence-electron chi connectivity index (χ1n) is 9.72. The number of aliphatic hydroxyl groups is 1. The van der Waals surface area contributed by atoms with Gasteiger partial charge in [0.15, 0.2) is 12.2 Å². The summed E-state index contributed by atoms with van der Waals surface area (Å²) in [6.07, 6.45) is 4.90. The van der Waals surface area contributed by atoms with E-state index < -0.39 is 11.6 Å². The lowest BCUT2D eigenvalue weighted by Gasteiger charge is -2.36. The summed E-state index contributed by atoms with van der Waals surface area (Å²) in [5, 5.41) is 11.5. The predicted molar refractivity (Wildman–Crippen MR) is 112 cm³/mol. The number of halogens is 1. The van der Waals surface area contributed by atoms with E-state index in [1.165, 1.54) is 0 Å². The maximum Gasteiger partial charge on any atom is 0.344 e. The van der Waals surface area contributed by atoms with Gasteiger partial charge in [-0.05, 0) is 51.3 Å². The lowest BCUT2D eigenvalue weighted by molar-refractivity contribution is -0.174. The van der Waals surface area contributed by atoms with Gasteiger partial charge in [0.25, 0.3) is 0 Å². The SMILES string of the molecule is CC#CCOC(=O)[C@@](O)(c1ccc(N(CC)CC)cc1)C1CCCCC1.Cl. The number of hydrogen-bond donors (Lipinski definition) is 1. The molecule has 0 heterocycles. The van der Waals surface area contributed by atoms with Gasteiger partial charge in [-0.1, -0.05) is 37.3 Å². The molecule has 1 aliphatic carbocycles. The van der Waals surface area contributed by atoms with Gasteiger partial charge in [-0.2, -0.15) is 0 Å². The first-order chi connectivity index (χ1) is 12.6. The van der Waals surface area contributed by atoms with Gasteiger partial charge in [0.1, 0.15) is 0 Å². The first kappa shape index (κ1) is 23.3. The van der Waals surface area contributed by atoms with E-state index in [-0.39, 0.29) is 24.9 Å². The summed E-state index contributed by atoms with van der Waals surface area (Å²) in [7, 11) is 0. The van der Waals surface area contributed by atoms with Gasteiger partial charge in [-0.3, -0.25) is 0 Å². The second-order valence-electron chi connectivity index (χ2n) is 6.82. The van der Waals surface area contributed by atoms with Crippen LogP contribution in [0.25, 0.3) is 0 Å². The third kappa shape index (κ3) is 5.40. The van der Waals surface area contributed by atoms with Crippen molar-refractivity contribution in [1.29, 1.82) is 0 Å². The van der Waals surface area contributed by atoms with Crippen molar-refractivity contribution in [2.24, 2.45) is 5.92 Å². The Labute approximate surface area is 169 Å². The fraction of sp³-hybridized carbons (Fsp3) is 0.591. The van der Waals surface area contributed by atoms with Crippen LogP contribution in [0.15, 0.2) is 24.3 Å². The average Bonchev–Trinajstić information content (AvgIpc) is 2.69. The fourth-order valence-electron chi connectivity index (χ4n) is 3.84. The number of anilines is 1. The van der Waals surface area contributed by atoms with E-state index >= 15 is 0 Å². The molecule has 0 radical (unpaired) electrons. The highest BCUT2D eigenvalue weighted by molar-refractivity contribution is 5.85. The molecule has 0 amide bonds. The predicted octanol–water partition coefficient (Wildman–Crippen LogP) is 4.29. The Bertz CT molecular complexity index is 640. The number of benzene rings is 1. The molecule has 27 heavy (non-hydrogen) atoms. The summed E-state index contributed by atoms with van der Waals surface area (Å²) in [5.41, 5.74) is 0.113. The van der Waals surface area contributed by atoms with E-state index in [4.69, 9.17) is 4.74 Å². The van der Waals surface area contributed by atoms with Gasteiger partial charge in [0.05, 0.1) is 0 Å². The molecule has 1 saturated carbocycles. The van der Waals surface area contributed by atoms with Crippen molar-refractivity contribution in [1.82, 2.24) is 0 Å². The lowest BCUT2D eigenvalue weighted by Crippen LogP contribution is -2.45. The van der Waals surface area contributed by atoms with E-state index in [1.54, 1.807) is 6.92 Å². The summed E-state index contributed by atoms with van der Waals surface area (Å²) in [4.78, 5) is 15.1. The molecule has 1 aliphatic rings. The number of esters is 1. The minimum atomic E-state index is -1.60. The highest BCUT2D eigenvalue weighted by atomic mass is 35.5. The zero-order valence-corrected chi connectivity index (χ0v) is 17.5. The molecule has 1 atom stereocenters. The summed E-state index contributed by atoms with van der Waals surface area (Å²) in [6.45, 7) is 7.78. The molecule has 0 saturated heterocycles. The largest absolute Gasteiger partial charge is 0.450 e. The maximum atomic E-state index is 12.8. The van der Waals surface area contributed by atoms with Crippen LogP contribution in [-0.4, -0.2) is 30.8 Å². The molecule has 1 N–H and O–H groups in total. The van der Waals surface area contributed by atoms with Gasteiger partial charge in [0, 0.05) is 24.7 Å². The lowest BCUT2D eigenvalue weighted by atomic mass is 9.73. The van der Waals surface area contributed by atoms with Crippen LogP contribution >= 0.6 is 12.4 Å². The van der Waals surface area contributed by atoms with Crippen LogP contribution < -0.4 is 4.90 Å². The summed E-state index contributed by atoms with van der Waals surface area (Å²) in [5.74, 6) is 4.75. The zero-order valence-electron chi connectivity index (χ0n) is 16.7. The number of ether oxygens (including phenoxy) is 1. The standard InChI is InChI=1S/C22H31NO3.ClH/c1-4-7-17-26-21(24)22(25,18-11-9-8-10-12-18)19-13-15-20(16-14-19)23(5-2)6-3;/h13-16,18,25H,5-6,8-12,17H2,1-3H3;1H/t22-;/m0./s1. The Hall–Kier alpha value is -1.70. The van der Waals surface area contributed by atoms with E-state index in [1.807, 2.05) is 24.3 Å². The molecule has 0 aliphatic heterocycles. The molecular weight excluding hydrogens is 362 g/mol. The number of rotatable bonds is 7. The Balaban J connectivity index is 0.00000364. The van der Waals surface area contributed by atoms with Crippen molar-refractivity contribution < 1.29 is 14.6 Å². The van der Waals surface area contributed by atoms with Gasteiger partial charge in [-0.25, -0.2) is 4.79 Å². The average molecular weight is 394 g/mol. The monoisotopic (exact) mass is 393 g/mol. The molecule has 1 fully saturated rings. The van der Waals surface area contributed by atoms with Crippen LogP contribution in [0.2, 0.25) is 0 Å². The fourth-order valence-corrected chi connectivity index (χ4v) is 3.84. The second-order valence-corrected chi connectivity index (χ2v) is 6.82. The summed E-state index contributed by atoms with van der Waals surface area (Å²) < 4.78 is 5.30. The van der Waals surface area contributed by atoms with Crippen LogP contribution in [0.5, 0.6) is 0 Å². The van der Waals surface area contributed by atoms with E-state index in [9.17, 15) is 9.90 Å². The molecule has 0 bridgehead atoms. The van der Waals surface area contributed by atoms with Crippen molar-refractivity contribution in [3.8, 4) is 11.8 Å². The molecule has 2 rings (SSSR count). The Kier molecular flexibility index (Phi) is 9.69. The van der Waals surface area contributed by atoms with Crippen molar-refractivity contribution in [3.05, 3.63) is 29.8 Å². The molecule has 0 unspecified atom stereocenters. The van der Waals surface area contributed by atoms with Gasteiger partial charge in [-0.15, -0.1) is 18.3 Å². The Morgan fingerprint density at radius 3 is 2.30 bits per heavy atom. The highest BCUT2D eigenvalue weighted by Crippen LogP contribution is 2.40. The van der Waals surface area contributed by atoms with E-state index in [0.717, 1.165) is 50.9 Å². The van der Waals surface area contributed by atoms with Gasteiger partial charge >= 0.3 is 5.97 Å². The smallest absolute Gasteiger partial charge is 0.344 e. The minimum Gasteiger partial charge on any atom is -0.450 e. The van der Waals surface area contributed by atoms with Crippen molar-refractivity contribution in [2.75, 3.05) is 24.6 Å². The zero-order chi connectivity index (χ0) is 19.0. The maximum absolute atomic E-state index is 12.8. The van der Waals surface area contributed by atoms with Gasteiger partial charge in [0.2, 0.25) is 0 Å². The summed E-state index contributed by atoms with van der Waals surface area (Å²) in [6, 6.07) is 7.70. The molecule has 150 valence electrons. The Morgan fingerprint density at radius 1 is 1.19 bits per heavy atom. The van der Waals surface area contributed by atoms with Crippen LogP contribution in [0.1, 0.15) is 58.4 Å². The highest BCUT2D eigenvalue weighted by Gasteiger charge is 2.47. The third-order valence-electron chi connectivity index (χ3n) is 5.40. The molecule has 1 aromatic carbocycles. The van der Waals surface area contributed by atoms with E-state index in [0.29, 0.717) is 5.56 Å². The van der Waals surface area contributed by atoms with Crippen LogP contribution in [0, 0.1) is 17.8 Å². The number of carbonyl (C=O) groups excluding carboxylic acids is 1. The van der Waals surface area contributed by atoms with Crippen molar-refractivity contribution in [2.45, 2.75) is 58.5 Å². The molecule has 4 nitrogen and oxygen atoms in total. The number of nitrogens with zero attached hydrogens (tertiary/aromatic N) is 1. The topological polar surface area (TPSA) is 49.8 Å². The van der Waals surface area contributed by atoms with Crippen LogP contribution in [0.3, 0.4) is 0 Å². The number of carbonyl (C=O) groups is 1. The quantitative estimate of drug-likeness (QED) is 0.554. The minimum absolute atomic E-state index is 0. The second kappa shape index (κ2) is 11.2. The van der Waals surface area contributed by atoms with Crippen LogP contribution in [0.4, 0.5) is 5.69 Å². The number of hydrogen-bond acceptors (Lipinski definition) is 4. The molecular formula is C22H32ClNO3. The van der Waals surface area contributed by atoms with E-state index in [2.05, 4.69) is 30.6 Å². The molecule has 5 heteroatoms. The van der Waals surface area contributed by atoms with Gasteiger partial charge < -0.3 is 14.7 Å². The van der Waals surface area contributed by atoms with Crippen LogP contribution in [-0.2, 0) is 15.1 Å². The Morgan fingerprint density at radius 2 is 1.78 bits per heavy atom.